The number of hydrogen-bond acceptors (Lipinski definition) is 10. The Morgan fingerprint density at radius 1 is 0.905 bits per heavy atom. The summed E-state index contributed by atoms with van der Waals surface area (Å²) >= 11 is 0. The first-order valence-electron chi connectivity index (χ1n) is 13.5. The fraction of sp³-hybridized carbons (Fsp3) is 0.367. The zero-order valence-corrected chi connectivity index (χ0v) is 22.9. The second kappa shape index (κ2) is 13.4. The van der Waals surface area contributed by atoms with E-state index in [2.05, 4.69) is 10.3 Å². The van der Waals surface area contributed by atoms with Gasteiger partial charge in [0.15, 0.2) is 23.9 Å². The van der Waals surface area contributed by atoms with Gasteiger partial charge in [-0.2, -0.15) is 0 Å². The highest BCUT2D eigenvalue weighted by Gasteiger charge is 2.48. The van der Waals surface area contributed by atoms with Gasteiger partial charge in [0, 0.05) is 29.4 Å². The predicted molar refractivity (Wildman–Crippen MR) is 152 cm³/mol. The average Bonchev–Trinajstić information content (AvgIpc) is 3.39. The number of rotatable bonds is 13. The molecule has 0 bridgehead atoms. The highest BCUT2D eigenvalue weighted by atomic mass is 16.7. The maximum atomic E-state index is 11.6. The van der Waals surface area contributed by atoms with Gasteiger partial charge in [-0.1, -0.05) is 36.4 Å². The SMILES string of the molecule is COc1ccccc1OCCNC[C@@H](COc1cccc2[nH]c3ccccc3c12)O[C@@H]1O[C@H](C(=O)O)[C@@H](O)[C@H](O)[C@H]1O. The molecule has 3 aromatic carbocycles. The maximum absolute atomic E-state index is 11.6. The molecule has 6 N–H and O–H groups in total. The van der Waals surface area contributed by atoms with E-state index in [0.29, 0.717) is 30.4 Å². The van der Waals surface area contributed by atoms with Crippen LogP contribution in [0, 0.1) is 0 Å². The Balaban J connectivity index is 1.28. The first-order chi connectivity index (χ1) is 20.4. The van der Waals surface area contributed by atoms with Gasteiger partial charge in [-0.05, 0) is 30.3 Å². The molecule has 224 valence electrons. The summed E-state index contributed by atoms with van der Waals surface area (Å²) in [5.74, 6) is 0.306. The fourth-order valence-corrected chi connectivity index (χ4v) is 4.91. The van der Waals surface area contributed by atoms with Gasteiger partial charge in [-0.25, -0.2) is 4.79 Å². The Kier molecular flexibility index (Phi) is 9.42. The molecule has 2 heterocycles. The smallest absolute Gasteiger partial charge is 0.335 e. The Morgan fingerprint density at radius 2 is 1.62 bits per heavy atom. The van der Waals surface area contributed by atoms with E-state index in [9.17, 15) is 25.2 Å². The molecule has 0 unspecified atom stereocenters. The molecule has 42 heavy (non-hydrogen) atoms. The van der Waals surface area contributed by atoms with Gasteiger partial charge < -0.3 is 54.4 Å². The molecule has 5 rings (SSSR count). The van der Waals surface area contributed by atoms with Gasteiger partial charge in [0.25, 0.3) is 0 Å². The summed E-state index contributed by atoms with van der Waals surface area (Å²) in [5, 5.41) is 45.3. The zero-order chi connectivity index (χ0) is 29.6. The molecule has 4 aromatic rings. The second-order valence-corrected chi connectivity index (χ2v) is 9.86. The van der Waals surface area contributed by atoms with Crippen molar-refractivity contribution >= 4 is 27.8 Å². The van der Waals surface area contributed by atoms with Crippen molar-refractivity contribution in [2.75, 3.05) is 33.4 Å². The van der Waals surface area contributed by atoms with Gasteiger partial charge in [0.2, 0.25) is 0 Å². The molecule has 12 nitrogen and oxygen atoms in total. The van der Waals surface area contributed by atoms with Crippen molar-refractivity contribution in [3.05, 3.63) is 66.7 Å². The molecule has 0 aliphatic carbocycles. The van der Waals surface area contributed by atoms with Gasteiger partial charge >= 0.3 is 5.97 Å². The number of aliphatic hydroxyl groups excluding tert-OH is 3. The average molecular weight is 583 g/mol. The number of benzene rings is 3. The molecule has 1 saturated heterocycles. The molecular weight excluding hydrogens is 548 g/mol. The van der Waals surface area contributed by atoms with Gasteiger partial charge in [0.05, 0.1) is 12.6 Å². The lowest BCUT2D eigenvalue weighted by Crippen LogP contribution is -2.61. The molecule has 0 amide bonds. The number of hydrogen-bond donors (Lipinski definition) is 6. The topological polar surface area (TPSA) is 172 Å². The van der Waals surface area contributed by atoms with Crippen LogP contribution in [0.1, 0.15) is 0 Å². The standard InChI is InChI=1S/C30H34N2O10/c1-38-21-10-4-5-11-22(21)39-14-13-31-15-17(41-30-27(35)25(33)26(34)28(42-30)29(36)37)16-40-23-12-6-9-20-24(23)18-7-2-3-8-19(18)32-20/h2-12,17,25-28,30-35H,13-16H2,1H3,(H,36,37)/t17-,25-,26-,27+,28-,30+/m0/s1. The summed E-state index contributed by atoms with van der Waals surface area (Å²) in [5.41, 5.74) is 1.85. The first kappa shape index (κ1) is 29.6. The molecule has 1 aliphatic heterocycles. The number of aliphatic carboxylic acids is 1. The molecule has 0 spiro atoms. The highest BCUT2D eigenvalue weighted by molar-refractivity contribution is 6.10. The van der Waals surface area contributed by atoms with Crippen molar-refractivity contribution < 1.29 is 48.9 Å². The molecular formula is C30H34N2O10. The first-order valence-corrected chi connectivity index (χ1v) is 13.5. The van der Waals surface area contributed by atoms with Crippen LogP contribution in [-0.4, -0.2) is 102 Å². The van der Waals surface area contributed by atoms with E-state index in [1.54, 1.807) is 19.2 Å². The summed E-state index contributed by atoms with van der Waals surface area (Å²) in [4.78, 5) is 14.9. The number of methoxy groups -OCH3 is 1. The minimum atomic E-state index is -1.82. The van der Waals surface area contributed by atoms with Crippen molar-refractivity contribution in [2.24, 2.45) is 0 Å². The number of aromatic amines is 1. The van der Waals surface area contributed by atoms with Crippen LogP contribution in [0.25, 0.3) is 21.8 Å². The minimum Gasteiger partial charge on any atom is -0.493 e. The van der Waals surface area contributed by atoms with E-state index in [1.165, 1.54) is 0 Å². The molecule has 1 aromatic heterocycles. The van der Waals surface area contributed by atoms with Crippen molar-refractivity contribution in [1.29, 1.82) is 0 Å². The fourth-order valence-electron chi connectivity index (χ4n) is 4.91. The van der Waals surface area contributed by atoms with Crippen LogP contribution >= 0.6 is 0 Å². The number of carboxylic acids is 1. The van der Waals surface area contributed by atoms with Crippen molar-refractivity contribution in [2.45, 2.75) is 36.8 Å². The summed E-state index contributed by atoms with van der Waals surface area (Å²) in [7, 11) is 1.56. The number of fused-ring (bicyclic) bond motifs is 3. The minimum absolute atomic E-state index is 0.0120. The third kappa shape index (κ3) is 6.44. The van der Waals surface area contributed by atoms with E-state index in [1.807, 2.05) is 54.6 Å². The number of aliphatic hydroxyl groups is 3. The van der Waals surface area contributed by atoms with Crippen molar-refractivity contribution in [3.63, 3.8) is 0 Å². The predicted octanol–water partition coefficient (Wildman–Crippen LogP) is 1.65. The number of H-pyrrole nitrogens is 1. The quantitative estimate of drug-likeness (QED) is 0.127. The molecule has 6 atom stereocenters. The van der Waals surface area contributed by atoms with E-state index in [4.69, 9.17) is 23.7 Å². The van der Waals surface area contributed by atoms with Crippen molar-refractivity contribution in [3.8, 4) is 17.2 Å². The van der Waals surface area contributed by atoms with E-state index in [-0.39, 0.29) is 13.2 Å². The number of para-hydroxylation sites is 3. The zero-order valence-electron chi connectivity index (χ0n) is 22.9. The van der Waals surface area contributed by atoms with Crippen LogP contribution in [0.2, 0.25) is 0 Å². The van der Waals surface area contributed by atoms with E-state index in [0.717, 1.165) is 21.8 Å². The van der Waals surface area contributed by atoms with Crippen LogP contribution in [0.3, 0.4) is 0 Å². The third-order valence-corrected chi connectivity index (χ3v) is 7.03. The lowest BCUT2D eigenvalue weighted by atomic mass is 9.99. The highest BCUT2D eigenvalue weighted by Crippen LogP contribution is 2.33. The number of carboxylic acid groups (broad SMARTS) is 1. The molecule has 1 fully saturated rings. The number of aromatic nitrogens is 1. The Hall–Kier alpha value is -3.91. The number of nitrogens with one attached hydrogen (secondary N) is 2. The number of carbonyl (C=O) groups is 1. The normalized spacial score (nSPS) is 23.1. The molecule has 12 heteroatoms. The second-order valence-electron chi connectivity index (χ2n) is 9.86. The van der Waals surface area contributed by atoms with E-state index >= 15 is 0 Å². The van der Waals surface area contributed by atoms with Gasteiger partial charge in [-0.15, -0.1) is 0 Å². The summed E-state index contributed by atoms with van der Waals surface area (Å²) in [6, 6.07) is 20.8. The van der Waals surface area contributed by atoms with Crippen molar-refractivity contribution in [1.82, 2.24) is 10.3 Å². The van der Waals surface area contributed by atoms with Crippen LogP contribution < -0.4 is 19.5 Å². The lowest BCUT2D eigenvalue weighted by Gasteiger charge is -2.39. The van der Waals surface area contributed by atoms with Crippen LogP contribution in [0.5, 0.6) is 17.2 Å². The molecule has 0 saturated carbocycles. The van der Waals surface area contributed by atoms with E-state index < -0.39 is 42.8 Å². The molecule has 1 aliphatic rings. The summed E-state index contributed by atoms with van der Waals surface area (Å²) in [6.45, 7) is 0.893. The third-order valence-electron chi connectivity index (χ3n) is 7.03. The lowest BCUT2D eigenvalue weighted by molar-refractivity contribution is -0.305. The van der Waals surface area contributed by atoms with Crippen LogP contribution in [0.15, 0.2) is 66.7 Å². The monoisotopic (exact) mass is 582 g/mol. The Bertz CT molecular complexity index is 1490. The number of ether oxygens (including phenoxy) is 5. The summed E-state index contributed by atoms with van der Waals surface area (Å²) < 4.78 is 28.6. The molecule has 0 radical (unpaired) electrons. The van der Waals surface area contributed by atoms with Gasteiger partial charge in [0.1, 0.15) is 43.4 Å². The Morgan fingerprint density at radius 3 is 2.40 bits per heavy atom. The summed E-state index contributed by atoms with van der Waals surface area (Å²) in [6.07, 6.45) is -9.38. The van der Waals surface area contributed by atoms with Gasteiger partial charge in [-0.3, -0.25) is 0 Å². The maximum Gasteiger partial charge on any atom is 0.335 e. The Labute approximate surface area is 241 Å². The largest absolute Gasteiger partial charge is 0.493 e. The van der Waals surface area contributed by atoms with Crippen LogP contribution in [0.4, 0.5) is 0 Å². The van der Waals surface area contributed by atoms with Crippen LogP contribution in [-0.2, 0) is 14.3 Å².